The first-order chi connectivity index (χ1) is 6.24. The van der Waals surface area contributed by atoms with E-state index in [1.165, 1.54) is 0 Å². The Morgan fingerprint density at radius 2 is 1.69 bits per heavy atom. The van der Waals surface area contributed by atoms with E-state index in [1.807, 2.05) is 0 Å². The Morgan fingerprint density at radius 1 is 1.23 bits per heavy atom. The van der Waals surface area contributed by atoms with Crippen LogP contribution in [0.5, 0.6) is 0 Å². The summed E-state index contributed by atoms with van der Waals surface area (Å²) >= 11 is 4.66. The van der Waals surface area contributed by atoms with Gasteiger partial charge in [-0.1, -0.05) is 11.6 Å². The van der Waals surface area contributed by atoms with E-state index in [9.17, 15) is 0 Å². The van der Waals surface area contributed by atoms with E-state index in [0.717, 1.165) is 0 Å². The van der Waals surface area contributed by atoms with Crippen molar-refractivity contribution < 1.29 is 15.1 Å². The average Bonchev–Trinajstić information content (AvgIpc) is 2.11. The molecule has 1 aromatic carbocycles. The number of diazo groups is 1. The van der Waals surface area contributed by atoms with Crippen LogP contribution in [-0.2, 0) is 15.1 Å². The summed E-state index contributed by atoms with van der Waals surface area (Å²) in [6, 6.07) is 6.83. The van der Waals surface area contributed by atoms with Gasteiger partial charge in [0.1, 0.15) is 5.69 Å². The Labute approximate surface area is 96.6 Å². The predicted molar refractivity (Wildman–Crippen MR) is 51.9 cm³/mol. The molecule has 0 bridgehead atoms. The summed E-state index contributed by atoms with van der Waals surface area (Å²) < 4.78 is 0. The molecule has 1 aromatic rings. The van der Waals surface area contributed by atoms with Crippen molar-refractivity contribution >= 4 is 36.7 Å². The van der Waals surface area contributed by atoms with E-state index < -0.39 is 15.1 Å². The topological polar surface area (TPSA) is 40.2 Å². The second-order valence-corrected chi connectivity index (χ2v) is 6.88. The minimum atomic E-state index is -0.931. The van der Waals surface area contributed by atoms with Crippen LogP contribution in [0.3, 0.4) is 0 Å². The molecule has 0 aliphatic rings. The van der Waals surface area contributed by atoms with Crippen molar-refractivity contribution in [3.63, 3.8) is 0 Å². The first-order valence-electron chi connectivity index (χ1n) is 3.22. The van der Waals surface area contributed by atoms with Crippen LogP contribution in [0.4, 0.5) is 5.69 Å². The molecule has 0 unspecified atom stereocenters. The quantitative estimate of drug-likeness (QED) is 0.484. The van der Waals surface area contributed by atoms with Crippen LogP contribution >= 0.6 is 31.0 Å². The zero-order valence-corrected chi connectivity index (χ0v) is 11.8. The summed E-state index contributed by atoms with van der Waals surface area (Å²) in [5.74, 6) is 0. The molecule has 0 saturated carbocycles. The number of anilines is 1. The van der Waals surface area contributed by atoms with Gasteiger partial charge < -0.3 is 0 Å². The summed E-state index contributed by atoms with van der Waals surface area (Å²) in [5, 5.41) is 11.5. The van der Waals surface area contributed by atoms with Crippen molar-refractivity contribution in [2.45, 2.75) is 0 Å². The molecule has 0 atom stereocenters. The zero-order valence-electron chi connectivity index (χ0n) is 6.54. The Hall–Kier alpha value is -0.0666. The molecule has 0 amide bonds. The van der Waals surface area contributed by atoms with Gasteiger partial charge in [0.25, 0.3) is 5.39 Å². The van der Waals surface area contributed by atoms with Gasteiger partial charge in [0.2, 0.25) is 0 Å². The van der Waals surface area contributed by atoms with E-state index in [0.29, 0.717) is 10.7 Å². The molecule has 0 aromatic heterocycles. The molecule has 1 rings (SSSR count). The second kappa shape index (κ2) is 8.53. The fourth-order valence-electron chi connectivity index (χ4n) is 0.582. The van der Waals surface area contributed by atoms with Crippen LogP contribution in [0, 0.1) is 5.39 Å². The number of nitrogens with one attached hydrogen (secondary N) is 1. The Kier molecular flexibility index (Phi) is 8.48. The molecular weight excluding hydrogens is 286 g/mol. The van der Waals surface area contributed by atoms with Crippen molar-refractivity contribution in [2.24, 2.45) is 0 Å². The van der Waals surface area contributed by atoms with Gasteiger partial charge in [0.05, 0.1) is 0 Å². The summed E-state index contributed by atoms with van der Waals surface area (Å²) in [6.07, 6.45) is 0. The van der Waals surface area contributed by atoms with Crippen LogP contribution in [0.1, 0.15) is 0 Å². The molecule has 0 spiro atoms. The molecule has 0 fully saturated rings. The van der Waals surface area contributed by atoms with E-state index >= 15 is 0 Å². The molecule has 13 heavy (non-hydrogen) atoms. The monoisotopic (exact) mass is 288 g/mol. The maximum absolute atomic E-state index is 8.07. The summed E-state index contributed by atoms with van der Waals surface area (Å²) in [7, 11) is 9.90. The van der Waals surface area contributed by atoms with Gasteiger partial charge in [0, 0.05) is 5.02 Å². The third-order valence-corrected chi connectivity index (χ3v) is 1.28. The van der Waals surface area contributed by atoms with E-state index in [-0.39, 0.29) is 0 Å². The average molecular weight is 291 g/mol. The van der Waals surface area contributed by atoms with Gasteiger partial charge in [0.15, 0.2) is 0 Å². The van der Waals surface area contributed by atoms with Gasteiger partial charge in [-0.25, -0.2) is 0 Å². The summed E-state index contributed by atoms with van der Waals surface area (Å²) in [6.45, 7) is 0. The fraction of sp³-hybridized carbons (Fsp3) is 0. The van der Waals surface area contributed by atoms with Gasteiger partial charge in [-0.2, -0.15) is 0 Å². The van der Waals surface area contributed by atoms with Gasteiger partial charge in [-0.05, 0) is 29.7 Å². The standard InChI is InChI=1S/C6H5ClN3.2ClH.Zn/c7-5-1-3-6(4-2-5)9-10-8;;;/h1-4,9H;2*1H;/q+1;;;+2/p-2. The first kappa shape index (κ1) is 12.9. The van der Waals surface area contributed by atoms with Crippen LogP contribution in [0.25, 0.3) is 5.08 Å². The maximum atomic E-state index is 8.07. The van der Waals surface area contributed by atoms with Crippen molar-refractivity contribution in [3.05, 3.63) is 34.4 Å². The summed E-state index contributed by atoms with van der Waals surface area (Å²) in [4.78, 5) is 0. The molecule has 0 radical (unpaired) electrons. The van der Waals surface area contributed by atoms with Crippen LogP contribution in [0.15, 0.2) is 24.3 Å². The Bertz CT molecular complexity index is 271. The van der Waals surface area contributed by atoms with E-state index in [2.05, 4.69) is 10.5 Å². The van der Waals surface area contributed by atoms with E-state index in [1.54, 1.807) is 24.3 Å². The molecule has 0 aliphatic heterocycles. The Balaban J connectivity index is 0.000000424. The molecule has 66 valence electrons. The van der Waals surface area contributed by atoms with Crippen molar-refractivity contribution in [2.75, 3.05) is 5.43 Å². The van der Waals surface area contributed by atoms with Crippen LogP contribution in [0.2, 0.25) is 5.02 Å². The van der Waals surface area contributed by atoms with Crippen molar-refractivity contribution in [3.8, 4) is 0 Å². The number of halogens is 3. The molecule has 1 N–H and O–H groups in total. The number of benzene rings is 1. The summed E-state index contributed by atoms with van der Waals surface area (Å²) in [5.41, 5.74) is 3.06. The van der Waals surface area contributed by atoms with Gasteiger partial charge >= 0.3 is 39.6 Å². The molecular formula is C6H5Cl3N3Zn+. The van der Waals surface area contributed by atoms with Crippen molar-refractivity contribution in [1.29, 1.82) is 5.39 Å². The number of rotatable bonds is 1. The van der Waals surface area contributed by atoms with E-state index in [4.69, 9.17) is 36.4 Å². The minimum absolute atomic E-state index is 0.656. The van der Waals surface area contributed by atoms with Crippen LogP contribution < -0.4 is 5.43 Å². The zero-order chi connectivity index (χ0) is 10.1. The number of hydrogen-bond acceptors (Lipinski definition) is 2. The third kappa shape index (κ3) is 7.04. The number of nitrogens with zero attached hydrogens (tertiary/aromatic N) is 2. The SMILES string of the molecule is N#[N+]Nc1ccc(Cl)cc1.[Cl][Zn][Cl]. The van der Waals surface area contributed by atoms with Gasteiger partial charge in [-0.15, -0.1) is 0 Å². The molecule has 3 nitrogen and oxygen atoms in total. The third-order valence-electron chi connectivity index (χ3n) is 1.02. The second-order valence-electron chi connectivity index (χ2n) is 1.82. The normalized spacial score (nSPS) is 7.23. The van der Waals surface area contributed by atoms with Crippen LogP contribution in [-0.4, -0.2) is 0 Å². The molecule has 0 saturated heterocycles. The number of hydrogen-bond donors (Lipinski definition) is 1. The van der Waals surface area contributed by atoms with Crippen molar-refractivity contribution in [1.82, 2.24) is 0 Å². The fourth-order valence-corrected chi connectivity index (χ4v) is 0.708. The molecule has 7 heteroatoms. The molecule has 0 heterocycles. The molecule has 0 aliphatic carbocycles. The van der Waals surface area contributed by atoms with Gasteiger partial charge in [-0.3, -0.25) is 0 Å². The predicted octanol–water partition coefficient (Wildman–Crippen LogP) is 3.90. The Morgan fingerprint density at radius 3 is 2.08 bits per heavy atom. The first-order valence-corrected chi connectivity index (χ1v) is 11.4.